The quantitative estimate of drug-likeness (QED) is 0.589. The second-order valence-electron chi connectivity index (χ2n) is 9.38. The third kappa shape index (κ3) is 3.93. The number of benzene rings is 2. The highest BCUT2D eigenvalue weighted by Crippen LogP contribution is 2.47. The van der Waals surface area contributed by atoms with E-state index < -0.39 is 5.97 Å². The van der Waals surface area contributed by atoms with Crippen molar-refractivity contribution in [2.45, 2.75) is 44.6 Å². The topological polar surface area (TPSA) is 112 Å². The number of aromatic nitrogens is 2. The van der Waals surface area contributed by atoms with Crippen LogP contribution in [0.15, 0.2) is 40.9 Å². The molecule has 0 saturated carbocycles. The molecule has 1 fully saturated rings. The lowest BCUT2D eigenvalue weighted by atomic mass is 9.81. The lowest BCUT2D eigenvalue weighted by Crippen LogP contribution is -2.32. The van der Waals surface area contributed by atoms with Crippen molar-refractivity contribution in [3.63, 3.8) is 0 Å². The Labute approximate surface area is 197 Å². The Morgan fingerprint density at radius 3 is 2.94 bits per heavy atom. The van der Waals surface area contributed by atoms with Gasteiger partial charge in [0.1, 0.15) is 11.8 Å². The molecule has 2 heterocycles. The summed E-state index contributed by atoms with van der Waals surface area (Å²) in [5.41, 5.74) is 4.50. The Balaban J connectivity index is 1.44. The molecule has 1 saturated heterocycles. The van der Waals surface area contributed by atoms with E-state index >= 15 is 0 Å². The van der Waals surface area contributed by atoms with Crippen LogP contribution in [0.5, 0.6) is 5.75 Å². The van der Waals surface area contributed by atoms with Crippen molar-refractivity contribution < 1.29 is 19.2 Å². The summed E-state index contributed by atoms with van der Waals surface area (Å²) in [7, 11) is 0. The van der Waals surface area contributed by atoms with Gasteiger partial charge in [-0.1, -0.05) is 23.4 Å². The maximum atomic E-state index is 11.2. The van der Waals surface area contributed by atoms with E-state index in [1.807, 2.05) is 36.9 Å². The number of likely N-dealkylation sites (tertiary alicyclic amines) is 1. The van der Waals surface area contributed by atoms with Crippen molar-refractivity contribution in [3.05, 3.63) is 53.1 Å². The fraction of sp³-hybridized carbons (Fsp3) is 0.385. The first-order valence-corrected chi connectivity index (χ1v) is 11.5. The van der Waals surface area contributed by atoms with Crippen molar-refractivity contribution in [3.8, 4) is 34.7 Å². The lowest BCUT2D eigenvalue weighted by molar-refractivity contribution is -0.138. The summed E-state index contributed by atoms with van der Waals surface area (Å²) in [6.45, 7) is 5.46. The van der Waals surface area contributed by atoms with Crippen LogP contribution in [0.4, 0.5) is 0 Å². The molecule has 174 valence electrons. The molecule has 1 spiro atoms. The molecule has 2 aliphatic rings. The van der Waals surface area contributed by atoms with E-state index in [9.17, 15) is 15.2 Å². The van der Waals surface area contributed by atoms with Gasteiger partial charge in [-0.25, -0.2) is 0 Å². The number of carboxylic acids is 1. The van der Waals surface area contributed by atoms with Gasteiger partial charge in [0.15, 0.2) is 0 Å². The molecule has 8 nitrogen and oxygen atoms in total. The van der Waals surface area contributed by atoms with Gasteiger partial charge in [-0.15, -0.1) is 0 Å². The molecular weight excluding hydrogens is 432 g/mol. The Morgan fingerprint density at radius 1 is 1.32 bits per heavy atom. The summed E-state index contributed by atoms with van der Waals surface area (Å²) in [6, 6.07) is 13.6. The average Bonchev–Trinajstić information content (AvgIpc) is 3.53. The summed E-state index contributed by atoms with van der Waals surface area (Å²) < 4.78 is 11.3. The predicted molar refractivity (Wildman–Crippen MR) is 124 cm³/mol. The Kier molecular flexibility index (Phi) is 5.58. The van der Waals surface area contributed by atoms with E-state index in [0.29, 0.717) is 28.6 Å². The second-order valence-corrected chi connectivity index (χ2v) is 9.38. The average molecular weight is 459 g/mol. The van der Waals surface area contributed by atoms with Crippen LogP contribution in [0.3, 0.4) is 0 Å². The van der Waals surface area contributed by atoms with Crippen molar-refractivity contribution in [2.24, 2.45) is 0 Å². The molecular formula is C26H26N4O4. The van der Waals surface area contributed by atoms with E-state index in [1.165, 1.54) is 11.1 Å². The number of hydrogen-bond acceptors (Lipinski definition) is 7. The predicted octanol–water partition coefficient (Wildman–Crippen LogP) is 4.04. The highest BCUT2D eigenvalue weighted by Gasteiger charge is 2.45. The van der Waals surface area contributed by atoms with Gasteiger partial charge in [-0.05, 0) is 69.0 Å². The van der Waals surface area contributed by atoms with E-state index in [0.717, 1.165) is 37.9 Å². The molecule has 0 radical (unpaired) electrons. The lowest BCUT2D eigenvalue weighted by Gasteiger charge is -2.25. The summed E-state index contributed by atoms with van der Waals surface area (Å²) >= 11 is 0. The number of hydrogen-bond donors (Lipinski definition) is 1. The second kappa shape index (κ2) is 8.58. The van der Waals surface area contributed by atoms with Crippen LogP contribution < -0.4 is 4.74 Å². The Bertz CT molecular complexity index is 1290. The first kappa shape index (κ1) is 22.1. The van der Waals surface area contributed by atoms with Gasteiger partial charge in [0.05, 0.1) is 18.2 Å². The molecule has 3 aromatic rings. The summed E-state index contributed by atoms with van der Waals surface area (Å²) in [4.78, 5) is 17.8. The van der Waals surface area contributed by atoms with Crippen LogP contribution >= 0.6 is 0 Å². The van der Waals surface area contributed by atoms with E-state index in [1.54, 1.807) is 12.1 Å². The van der Waals surface area contributed by atoms with Crippen LogP contribution in [0, 0.1) is 11.3 Å². The molecule has 0 amide bonds. The van der Waals surface area contributed by atoms with Gasteiger partial charge < -0.3 is 14.4 Å². The minimum absolute atomic E-state index is 0.0126. The van der Waals surface area contributed by atoms with Crippen LogP contribution in [0.25, 0.3) is 22.8 Å². The first-order chi connectivity index (χ1) is 16.4. The minimum Gasteiger partial charge on any atom is -0.490 e. The number of nitriles is 1. The fourth-order valence-electron chi connectivity index (χ4n) is 5.33. The molecule has 0 unspecified atom stereocenters. The molecule has 1 atom stereocenters. The Hall–Kier alpha value is -3.70. The van der Waals surface area contributed by atoms with Gasteiger partial charge >= 0.3 is 5.97 Å². The zero-order valence-electron chi connectivity index (χ0n) is 19.2. The molecule has 2 aromatic carbocycles. The molecule has 1 aromatic heterocycles. The highest BCUT2D eigenvalue weighted by molar-refractivity contribution is 5.70. The molecule has 1 aliphatic carbocycles. The normalized spacial score (nSPS) is 19.5. The zero-order valence-corrected chi connectivity index (χ0v) is 19.2. The van der Waals surface area contributed by atoms with Crippen LogP contribution in [0.2, 0.25) is 0 Å². The SMILES string of the molecule is CC(C)Oc1ccc(-c2nc(-c3cccc4c3CC[C@]43CCN(CC(=O)O)C3)no2)cc1C#N. The van der Waals surface area contributed by atoms with Gasteiger partial charge in [-0.3, -0.25) is 9.69 Å². The van der Waals surface area contributed by atoms with Crippen LogP contribution in [-0.4, -0.2) is 51.9 Å². The molecule has 8 heteroatoms. The van der Waals surface area contributed by atoms with Gasteiger partial charge in [0.2, 0.25) is 5.82 Å². The number of carboxylic acid groups (broad SMARTS) is 1. The maximum absolute atomic E-state index is 11.2. The van der Waals surface area contributed by atoms with E-state index in [-0.39, 0.29) is 18.1 Å². The molecule has 0 bridgehead atoms. The third-order valence-electron chi connectivity index (χ3n) is 6.77. The smallest absolute Gasteiger partial charge is 0.317 e. The highest BCUT2D eigenvalue weighted by atomic mass is 16.5. The van der Waals surface area contributed by atoms with E-state index in [2.05, 4.69) is 22.3 Å². The van der Waals surface area contributed by atoms with Crippen molar-refractivity contribution >= 4 is 5.97 Å². The molecule has 5 rings (SSSR count). The number of fused-ring (bicyclic) bond motifs is 2. The van der Waals surface area contributed by atoms with Crippen molar-refractivity contribution in [2.75, 3.05) is 19.6 Å². The molecule has 34 heavy (non-hydrogen) atoms. The fourth-order valence-corrected chi connectivity index (χ4v) is 5.33. The largest absolute Gasteiger partial charge is 0.490 e. The number of rotatable bonds is 6. The maximum Gasteiger partial charge on any atom is 0.317 e. The monoisotopic (exact) mass is 458 g/mol. The number of aliphatic carboxylic acids is 1. The summed E-state index contributed by atoms with van der Waals surface area (Å²) in [6.07, 6.45) is 2.81. The van der Waals surface area contributed by atoms with Crippen LogP contribution in [0.1, 0.15) is 43.4 Å². The third-order valence-corrected chi connectivity index (χ3v) is 6.77. The summed E-state index contributed by atoms with van der Waals surface area (Å²) in [5, 5.41) is 23.0. The molecule has 1 aliphatic heterocycles. The van der Waals surface area contributed by atoms with Gasteiger partial charge in [0.25, 0.3) is 5.89 Å². The van der Waals surface area contributed by atoms with Gasteiger partial charge in [-0.2, -0.15) is 10.2 Å². The van der Waals surface area contributed by atoms with Crippen LogP contribution in [-0.2, 0) is 16.6 Å². The zero-order chi connectivity index (χ0) is 23.9. The number of nitrogens with zero attached hydrogens (tertiary/aromatic N) is 4. The van der Waals surface area contributed by atoms with Crippen molar-refractivity contribution in [1.82, 2.24) is 15.0 Å². The minimum atomic E-state index is -0.785. The van der Waals surface area contributed by atoms with Gasteiger partial charge in [0, 0.05) is 23.1 Å². The van der Waals surface area contributed by atoms with Crippen molar-refractivity contribution in [1.29, 1.82) is 5.26 Å². The summed E-state index contributed by atoms with van der Waals surface area (Å²) in [5.74, 6) is 0.610. The Morgan fingerprint density at radius 2 is 2.18 bits per heavy atom. The standard InChI is InChI=1S/C26H26N4O4/c1-16(2)33-22-7-6-17(12-18(22)13-27)25-28-24(29-34-25)20-4-3-5-21-19(20)8-9-26(21)10-11-30(15-26)14-23(31)32/h3-7,12,16H,8-11,14-15H2,1-2H3,(H,31,32)/t26-/m1/s1. The first-order valence-electron chi connectivity index (χ1n) is 11.5. The number of ether oxygens (including phenoxy) is 1. The number of carbonyl (C=O) groups is 1. The van der Waals surface area contributed by atoms with E-state index in [4.69, 9.17) is 9.26 Å². The molecule has 1 N–H and O–H groups in total.